The van der Waals surface area contributed by atoms with Crippen LogP contribution in [0.2, 0.25) is 0 Å². The maximum atomic E-state index is 13.7. The number of carbonyl (C=O) groups excluding carboxylic acids is 4. The number of hydrogen-bond acceptors (Lipinski definition) is 6. The Morgan fingerprint density at radius 1 is 0.973 bits per heavy atom. The predicted octanol–water partition coefficient (Wildman–Crippen LogP) is 2.06. The first-order valence-corrected chi connectivity index (χ1v) is 11.0. The zero-order valence-corrected chi connectivity index (χ0v) is 20.3. The maximum Gasteiger partial charge on any atom is 0.313 e. The van der Waals surface area contributed by atoms with Crippen LogP contribution in [-0.4, -0.2) is 53.3 Å². The van der Waals surface area contributed by atoms with Crippen LogP contribution in [0, 0.1) is 23.3 Å². The van der Waals surface area contributed by atoms with Gasteiger partial charge in [-0.05, 0) is 35.0 Å². The summed E-state index contributed by atoms with van der Waals surface area (Å²) in [6.07, 6.45) is -1.01. The van der Waals surface area contributed by atoms with Gasteiger partial charge in [0.1, 0.15) is 18.7 Å². The summed E-state index contributed by atoms with van der Waals surface area (Å²) in [4.78, 5) is 60.1. The Hall–Kier alpha value is -4.01. The third-order valence-corrected chi connectivity index (χ3v) is 5.27. The van der Waals surface area contributed by atoms with Crippen LogP contribution in [0.25, 0.3) is 0 Å². The van der Waals surface area contributed by atoms with Crippen molar-refractivity contribution in [1.29, 1.82) is 0 Å². The maximum absolute atomic E-state index is 13.7. The van der Waals surface area contributed by atoms with E-state index in [1.165, 1.54) is 6.07 Å². The zero-order valence-electron chi connectivity index (χ0n) is 18.7. The molecule has 0 aromatic heterocycles. The minimum absolute atomic E-state index is 0.0819. The van der Waals surface area contributed by atoms with Crippen molar-refractivity contribution in [1.82, 2.24) is 10.6 Å². The first-order chi connectivity index (χ1) is 17.3. The quantitative estimate of drug-likeness (QED) is 0.187. The molecule has 0 saturated carbocycles. The minimum Gasteiger partial charge on any atom is -0.481 e. The average Bonchev–Trinajstić information content (AvgIpc) is 2.83. The molecule has 0 fully saturated rings. The van der Waals surface area contributed by atoms with Crippen molar-refractivity contribution < 1.29 is 51.4 Å². The molecule has 0 heterocycles. The summed E-state index contributed by atoms with van der Waals surface area (Å²) >= 11 is 3.17. The van der Waals surface area contributed by atoms with Crippen molar-refractivity contribution in [2.75, 3.05) is 11.9 Å². The van der Waals surface area contributed by atoms with Crippen LogP contribution >= 0.6 is 15.9 Å². The van der Waals surface area contributed by atoms with E-state index in [9.17, 15) is 41.5 Å². The molecular formula is C22H18BrF4N3O7. The van der Waals surface area contributed by atoms with Gasteiger partial charge in [0.05, 0.1) is 12.1 Å². The summed E-state index contributed by atoms with van der Waals surface area (Å²) in [6, 6.07) is 2.98. The van der Waals surface area contributed by atoms with E-state index < -0.39 is 83.6 Å². The van der Waals surface area contributed by atoms with Gasteiger partial charge in [-0.15, -0.1) is 0 Å². The van der Waals surface area contributed by atoms with Crippen LogP contribution in [0.1, 0.15) is 13.3 Å². The van der Waals surface area contributed by atoms with Crippen molar-refractivity contribution in [3.8, 4) is 5.75 Å². The number of ketones is 1. The fraction of sp³-hybridized carbons (Fsp3) is 0.227. The van der Waals surface area contributed by atoms with Gasteiger partial charge in [0.25, 0.3) is 0 Å². The lowest BCUT2D eigenvalue weighted by molar-refractivity contribution is -0.141. The number of nitrogens with one attached hydrogen (secondary N) is 3. The predicted molar refractivity (Wildman–Crippen MR) is 121 cm³/mol. The Bertz CT molecular complexity index is 1220. The number of carboxylic acid groups (broad SMARTS) is 1. The number of halogens is 5. The van der Waals surface area contributed by atoms with E-state index in [1.54, 1.807) is 18.2 Å². The molecule has 0 aliphatic heterocycles. The van der Waals surface area contributed by atoms with E-state index in [0.29, 0.717) is 4.47 Å². The largest absolute Gasteiger partial charge is 0.481 e. The van der Waals surface area contributed by atoms with Crippen molar-refractivity contribution in [2.45, 2.75) is 25.4 Å². The van der Waals surface area contributed by atoms with Crippen molar-refractivity contribution in [3.05, 3.63) is 58.1 Å². The molecular weight excluding hydrogens is 574 g/mol. The van der Waals surface area contributed by atoms with Gasteiger partial charge in [0.15, 0.2) is 23.2 Å². The summed E-state index contributed by atoms with van der Waals surface area (Å²) in [5, 5.41) is 15.4. The fourth-order valence-corrected chi connectivity index (χ4v) is 3.09. The zero-order chi connectivity index (χ0) is 27.9. The Morgan fingerprint density at radius 2 is 1.57 bits per heavy atom. The third-order valence-electron chi connectivity index (χ3n) is 4.58. The van der Waals surface area contributed by atoms with Gasteiger partial charge in [-0.2, -0.15) is 8.78 Å². The lowest BCUT2D eigenvalue weighted by Gasteiger charge is -2.20. The summed E-state index contributed by atoms with van der Waals surface area (Å²) < 4.78 is 59.0. The lowest BCUT2D eigenvalue weighted by atomic mass is 10.1. The number of benzene rings is 2. The fourth-order valence-electron chi connectivity index (χ4n) is 2.71. The number of carboxylic acids is 1. The topological polar surface area (TPSA) is 151 Å². The van der Waals surface area contributed by atoms with Gasteiger partial charge in [-0.3, -0.25) is 24.0 Å². The van der Waals surface area contributed by atoms with Gasteiger partial charge in [-0.25, -0.2) is 8.78 Å². The monoisotopic (exact) mass is 591 g/mol. The molecule has 0 radical (unpaired) electrons. The van der Waals surface area contributed by atoms with E-state index in [-0.39, 0.29) is 11.8 Å². The Labute approximate surface area is 214 Å². The van der Waals surface area contributed by atoms with E-state index in [0.717, 1.165) is 6.92 Å². The number of carbonyl (C=O) groups is 5. The van der Waals surface area contributed by atoms with Gasteiger partial charge >= 0.3 is 17.8 Å². The SMILES string of the molecule is C[C@H](NC(=O)C(=O)Nc1ccccc1Br)C(=O)N[C@@H](CC(=O)O)C(=O)COc1c(F)c(F)cc(F)c1F. The molecule has 37 heavy (non-hydrogen) atoms. The first kappa shape index (κ1) is 29.2. The van der Waals surface area contributed by atoms with Gasteiger partial charge in [0.2, 0.25) is 17.5 Å². The highest BCUT2D eigenvalue weighted by Crippen LogP contribution is 2.26. The molecule has 198 valence electrons. The number of para-hydroxylation sites is 1. The van der Waals surface area contributed by atoms with Crippen LogP contribution in [0.15, 0.2) is 34.8 Å². The third kappa shape index (κ3) is 7.99. The minimum atomic E-state index is -1.93. The second-order valence-electron chi connectivity index (χ2n) is 7.34. The van der Waals surface area contributed by atoms with Crippen molar-refractivity contribution in [3.63, 3.8) is 0 Å². The van der Waals surface area contributed by atoms with Gasteiger partial charge in [-0.1, -0.05) is 12.1 Å². The molecule has 15 heteroatoms. The molecule has 0 saturated heterocycles. The smallest absolute Gasteiger partial charge is 0.313 e. The molecule has 0 spiro atoms. The average molecular weight is 592 g/mol. The van der Waals surface area contributed by atoms with E-state index >= 15 is 0 Å². The van der Waals surface area contributed by atoms with Crippen LogP contribution in [-0.2, 0) is 24.0 Å². The number of hydrogen-bond donors (Lipinski definition) is 4. The summed E-state index contributed by atoms with van der Waals surface area (Å²) in [5.74, 6) is -15.3. The first-order valence-electron chi connectivity index (χ1n) is 10.2. The Kier molecular flexibility index (Phi) is 10.1. The number of ether oxygens (including phenoxy) is 1. The highest BCUT2D eigenvalue weighted by molar-refractivity contribution is 9.10. The standard InChI is InChI=1S/C22H18BrF4N3O7/c1-9(28-21(35)22(36)29-13-5-3-2-4-10(13)23)20(34)30-14(7-16(32)33)15(31)8-37-19-17(26)11(24)6-12(25)18(19)27/h2-6,9,14H,7-8H2,1H3,(H,28,35)(H,29,36)(H,30,34)(H,32,33)/t9-,14-/m0/s1. The molecule has 2 aromatic rings. The number of rotatable bonds is 10. The molecule has 2 atom stereocenters. The number of aliphatic carboxylic acids is 1. The molecule has 2 rings (SSSR count). The van der Waals surface area contributed by atoms with Crippen LogP contribution < -0.4 is 20.7 Å². The summed E-state index contributed by atoms with van der Waals surface area (Å²) in [7, 11) is 0. The van der Waals surface area contributed by atoms with Crippen LogP contribution in [0.5, 0.6) is 5.75 Å². The summed E-state index contributed by atoms with van der Waals surface area (Å²) in [5.41, 5.74) is 0.262. The second kappa shape index (κ2) is 12.8. The number of anilines is 1. The van der Waals surface area contributed by atoms with Crippen LogP contribution in [0.3, 0.4) is 0 Å². The Balaban J connectivity index is 2.02. The van der Waals surface area contributed by atoms with Crippen LogP contribution in [0.4, 0.5) is 23.2 Å². The molecule has 0 aliphatic carbocycles. The van der Waals surface area contributed by atoms with Crippen molar-refractivity contribution in [2.24, 2.45) is 0 Å². The number of Topliss-reactive ketones (excluding diaryl/α,β-unsaturated/α-hetero) is 1. The molecule has 2 aromatic carbocycles. The second-order valence-corrected chi connectivity index (χ2v) is 8.19. The normalized spacial score (nSPS) is 12.2. The molecule has 0 unspecified atom stereocenters. The molecule has 0 aliphatic rings. The van der Waals surface area contributed by atoms with Crippen molar-refractivity contribution >= 4 is 51.1 Å². The molecule has 0 bridgehead atoms. The van der Waals surface area contributed by atoms with E-state index in [4.69, 9.17) is 5.11 Å². The highest BCUT2D eigenvalue weighted by Gasteiger charge is 2.29. The lowest BCUT2D eigenvalue weighted by Crippen LogP contribution is -2.53. The van der Waals surface area contributed by atoms with E-state index in [1.807, 2.05) is 5.32 Å². The van der Waals surface area contributed by atoms with Gasteiger partial charge in [0, 0.05) is 10.5 Å². The highest BCUT2D eigenvalue weighted by atomic mass is 79.9. The summed E-state index contributed by atoms with van der Waals surface area (Å²) in [6.45, 7) is -0.151. The molecule has 4 N–H and O–H groups in total. The van der Waals surface area contributed by atoms with E-state index in [2.05, 4.69) is 31.3 Å². The van der Waals surface area contributed by atoms with Gasteiger partial charge < -0.3 is 25.8 Å². The Morgan fingerprint density at radius 3 is 2.14 bits per heavy atom. The number of amides is 3. The molecule has 10 nitrogen and oxygen atoms in total. The molecule has 3 amide bonds.